The standard InChI is InChI=1S/C12H19NO/c1-5-10(3)12(4,14)11-6-9(2)7-13-8-11/h6-8,10,14H,5H2,1-4H3. The number of aryl methyl sites for hydroxylation is 1. The molecule has 0 aromatic carbocycles. The summed E-state index contributed by atoms with van der Waals surface area (Å²) >= 11 is 0. The Morgan fingerprint density at radius 1 is 1.50 bits per heavy atom. The number of hydrogen-bond donors (Lipinski definition) is 1. The molecular formula is C12H19NO. The van der Waals surface area contributed by atoms with Gasteiger partial charge in [0.15, 0.2) is 0 Å². The van der Waals surface area contributed by atoms with Crippen molar-refractivity contribution in [2.45, 2.75) is 39.7 Å². The van der Waals surface area contributed by atoms with Crippen LogP contribution in [0, 0.1) is 12.8 Å². The van der Waals surface area contributed by atoms with Crippen LogP contribution in [-0.4, -0.2) is 10.1 Å². The predicted molar refractivity (Wildman–Crippen MR) is 58.0 cm³/mol. The molecule has 0 aliphatic rings. The maximum atomic E-state index is 10.3. The number of aromatic nitrogens is 1. The summed E-state index contributed by atoms with van der Waals surface area (Å²) in [5, 5.41) is 10.3. The van der Waals surface area contributed by atoms with Crippen LogP contribution in [0.4, 0.5) is 0 Å². The van der Waals surface area contributed by atoms with Crippen LogP contribution in [0.15, 0.2) is 18.5 Å². The van der Waals surface area contributed by atoms with Gasteiger partial charge >= 0.3 is 0 Å². The fourth-order valence-corrected chi connectivity index (χ4v) is 1.51. The van der Waals surface area contributed by atoms with Gasteiger partial charge < -0.3 is 5.11 Å². The van der Waals surface area contributed by atoms with Gasteiger partial charge in [-0.05, 0) is 25.3 Å². The van der Waals surface area contributed by atoms with Crippen LogP contribution < -0.4 is 0 Å². The summed E-state index contributed by atoms with van der Waals surface area (Å²) in [6.07, 6.45) is 4.51. The van der Waals surface area contributed by atoms with Crippen LogP contribution in [0.1, 0.15) is 38.3 Å². The second kappa shape index (κ2) is 4.09. The monoisotopic (exact) mass is 193 g/mol. The minimum atomic E-state index is -0.770. The molecule has 0 aliphatic carbocycles. The Balaban J connectivity index is 3.03. The average molecular weight is 193 g/mol. The van der Waals surface area contributed by atoms with Gasteiger partial charge in [0.25, 0.3) is 0 Å². The lowest BCUT2D eigenvalue weighted by molar-refractivity contribution is -0.000336. The molecule has 14 heavy (non-hydrogen) atoms. The van der Waals surface area contributed by atoms with E-state index in [-0.39, 0.29) is 5.92 Å². The first kappa shape index (κ1) is 11.2. The van der Waals surface area contributed by atoms with Crippen molar-refractivity contribution >= 4 is 0 Å². The maximum Gasteiger partial charge on any atom is 0.0908 e. The van der Waals surface area contributed by atoms with Gasteiger partial charge in [-0.15, -0.1) is 0 Å². The quantitative estimate of drug-likeness (QED) is 0.800. The third-order valence-electron chi connectivity index (χ3n) is 3.03. The lowest BCUT2D eigenvalue weighted by atomic mass is 9.83. The largest absolute Gasteiger partial charge is 0.385 e. The highest BCUT2D eigenvalue weighted by atomic mass is 16.3. The number of rotatable bonds is 3. The van der Waals surface area contributed by atoms with E-state index in [1.165, 1.54) is 0 Å². The molecule has 78 valence electrons. The van der Waals surface area contributed by atoms with Crippen LogP contribution in [-0.2, 0) is 5.60 Å². The molecule has 1 aromatic heterocycles. The molecule has 2 nitrogen and oxygen atoms in total. The van der Waals surface area contributed by atoms with Gasteiger partial charge in [-0.25, -0.2) is 0 Å². The lowest BCUT2D eigenvalue weighted by Crippen LogP contribution is -2.29. The van der Waals surface area contributed by atoms with E-state index in [1.807, 2.05) is 19.9 Å². The van der Waals surface area contributed by atoms with Crippen LogP contribution >= 0.6 is 0 Å². The number of nitrogens with zero attached hydrogens (tertiary/aromatic N) is 1. The number of pyridine rings is 1. The van der Waals surface area contributed by atoms with E-state index in [0.29, 0.717) is 0 Å². The first-order valence-electron chi connectivity index (χ1n) is 5.13. The highest BCUT2D eigenvalue weighted by Gasteiger charge is 2.29. The van der Waals surface area contributed by atoms with Crippen molar-refractivity contribution in [1.82, 2.24) is 4.98 Å². The fourth-order valence-electron chi connectivity index (χ4n) is 1.51. The molecule has 2 heteroatoms. The number of hydrogen-bond acceptors (Lipinski definition) is 2. The van der Waals surface area contributed by atoms with E-state index < -0.39 is 5.60 Å². The third-order valence-corrected chi connectivity index (χ3v) is 3.03. The zero-order valence-corrected chi connectivity index (χ0v) is 9.41. The molecule has 0 radical (unpaired) electrons. The molecule has 0 bridgehead atoms. The Bertz CT molecular complexity index is 307. The van der Waals surface area contributed by atoms with Gasteiger partial charge in [0.1, 0.15) is 0 Å². The van der Waals surface area contributed by atoms with Crippen molar-refractivity contribution in [3.63, 3.8) is 0 Å². The van der Waals surface area contributed by atoms with Gasteiger partial charge in [-0.3, -0.25) is 4.98 Å². The minimum Gasteiger partial charge on any atom is -0.385 e. The van der Waals surface area contributed by atoms with Gasteiger partial charge in [-0.1, -0.05) is 26.3 Å². The van der Waals surface area contributed by atoms with E-state index in [0.717, 1.165) is 17.5 Å². The van der Waals surface area contributed by atoms with Crippen molar-refractivity contribution in [1.29, 1.82) is 0 Å². The molecule has 2 unspecified atom stereocenters. The summed E-state index contributed by atoms with van der Waals surface area (Å²) in [5.41, 5.74) is 1.23. The minimum absolute atomic E-state index is 0.242. The first-order chi connectivity index (χ1) is 6.48. The zero-order chi connectivity index (χ0) is 10.8. The van der Waals surface area contributed by atoms with E-state index >= 15 is 0 Å². The Kier molecular flexibility index (Phi) is 3.27. The first-order valence-corrected chi connectivity index (χ1v) is 5.13. The van der Waals surface area contributed by atoms with Crippen LogP contribution in [0.3, 0.4) is 0 Å². The maximum absolute atomic E-state index is 10.3. The lowest BCUT2D eigenvalue weighted by Gasteiger charge is -2.30. The smallest absolute Gasteiger partial charge is 0.0908 e. The summed E-state index contributed by atoms with van der Waals surface area (Å²) in [4.78, 5) is 4.11. The average Bonchev–Trinajstić information content (AvgIpc) is 2.16. The summed E-state index contributed by atoms with van der Waals surface area (Å²) in [6.45, 7) is 7.99. The van der Waals surface area contributed by atoms with Gasteiger partial charge in [0.05, 0.1) is 5.60 Å². The highest BCUT2D eigenvalue weighted by molar-refractivity contribution is 5.23. The molecule has 0 amide bonds. The van der Waals surface area contributed by atoms with Crippen LogP contribution in [0.25, 0.3) is 0 Å². The predicted octanol–water partition coefficient (Wildman–Crippen LogP) is 2.64. The molecule has 0 saturated heterocycles. The Morgan fingerprint density at radius 2 is 2.14 bits per heavy atom. The normalized spacial score (nSPS) is 17.5. The second-order valence-corrected chi connectivity index (χ2v) is 4.21. The number of aliphatic hydroxyl groups is 1. The molecule has 1 aromatic rings. The second-order valence-electron chi connectivity index (χ2n) is 4.21. The Morgan fingerprint density at radius 3 is 2.64 bits per heavy atom. The van der Waals surface area contributed by atoms with E-state index in [2.05, 4.69) is 18.8 Å². The van der Waals surface area contributed by atoms with Gasteiger partial charge in [0, 0.05) is 18.0 Å². The molecule has 1 heterocycles. The van der Waals surface area contributed by atoms with Crippen molar-refractivity contribution < 1.29 is 5.11 Å². The Labute approximate surface area is 86.0 Å². The molecule has 2 atom stereocenters. The Hall–Kier alpha value is -0.890. The molecular weight excluding hydrogens is 174 g/mol. The van der Waals surface area contributed by atoms with Crippen molar-refractivity contribution in [3.8, 4) is 0 Å². The van der Waals surface area contributed by atoms with Gasteiger partial charge in [0.2, 0.25) is 0 Å². The summed E-state index contributed by atoms with van der Waals surface area (Å²) in [5.74, 6) is 0.242. The summed E-state index contributed by atoms with van der Waals surface area (Å²) in [6, 6.07) is 2.00. The van der Waals surface area contributed by atoms with Crippen LogP contribution in [0.5, 0.6) is 0 Å². The topological polar surface area (TPSA) is 33.1 Å². The van der Waals surface area contributed by atoms with E-state index in [4.69, 9.17) is 0 Å². The zero-order valence-electron chi connectivity index (χ0n) is 9.41. The molecule has 0 saturated carbocycles. The highest BCUT2D eigenvalue weighted by Crippen LogP contribution is 2.30. The van der Waals surface area contributed by atoms with Crippen LogP contribution in [0.2, 0.25) is 0 Å². The molecule has 0 aliphatic heterocycles. The van der Waals surface area contributed by atoms with E-state index in [1.54, 1.807) is 12.4 Å². The molecule has 1 rings (SSSR count). The fraction of sp³-hybridized carbons (Fsp3) is 0.583. The van der Waals surface area contributed by atoms with Crippen molar-refractivity contribution in [2.75, 3.05) is 0 Å². The van der Waals surface area contributed by atoms with Gasteiger partial charge in [-0.2, -0.15) is 0 Å². The third kappa shape index (κ3) is 2.13. The molecule has 1 N–H and O–H groups in total. The molecule has 0 spiro atoms. The summed E-state index contributed by atoms with van der Waals surface area (Å²) < 4.78 is 0. The van der Waals surface area contributed by atoms with Crippen molar-refractivity contribution in [2.24, 2.45) is 5.92 Å². The van der Waals surface area contributed by atoms with E-state index in [9.17, 15) is 5.11 Å². The molecule has 0 fully saturated rings. The SMILES string of the molecule is CCC(C)C(C)(O)c1cncc(C)c1. The summed E-state index contributed by atoms with van der Waals surface area (Å²) in [7, 11) is 0. The van der Waals surface area contributed by atoms with Crippen molar-refractivity contribution in [3.05, 3.63) is 29.6 Å².